The molecule has 0 spiro atoms. The minimum absolute atomic E-state index is 0.0137. The number of aromatic nitrogens is 1. The number of amides is 1. The molecule has 0 unspecified atom stereocenters. The third kappa shape index (κ3) is 1.89. The van der Waals surface area contributed by atoms with E-state index in [0.717, 1.165) is 12.1 Å². The zero-order valence-electron chi connectivity index (χ0n) is 8.45. The molecule has 0 fully saturated rings. The van der Waals surface area contributed by atoms with Crippen LogP contribution in [0.15, 0.2) is 30.5 Å². The summed E-state index contributed by atoms with van der Waals surface area (Å²) in [4.78, 5) is 11.0. The van der Waals surface area contributed by atoms with Gasteiger partial charge in [0.15, 0.2) is 17.5 Å². The molecule has 0 bridgehead atoms. The van der Waals surface area contributed by atoms with Gasteiger partial charge >= 0.3 is 0 Å². The molecular weight excluding hydrogens is 233 g/mol. The highest BCUT2D eigenvalue weighted by molar-refractivity contribution is 5.91. The van der Waals surface area contributed by atoms with Crippen LogP contribution in [0.5, 0.6) is 0 Å². The topological polar surface area (TPSA) is 48.0 Å². The van der Waals surface area contributed by atoms with E-state index in [9.17, 15) is 18.0 Å². The predicted molar refractivity (Wildman–Crippen MR) is 54.2 cm³/mol. The van der Waals surface area contributed by atoms with Crippen molar-refractivity contribution in [2.75, 3.05) is 0 Å². The molecule has 1 aromatic carbocycles. The smallest absolute Gasteiger partial charge is 0.265 e. The molecule has 2 N–H and O–H groups in total. The number of benzene rings is 1. The number of rotatable bonds is 2. The minimum Gasteiger partial charge on any atom is -0.364 e. The first-order valence-electron chi connectivity index (χ1n) is 4.63. The minimum atomic E-state index is -1.55. The molecule has 1 heterocycles. The van der Waals surface area contributed by atoms with E-state index < -0.39 is 23.4 Å². The molecule has 1 aromatic heterocycles. The Morgan fingerprint density at radius 1 is 1.18 bits per heavy atom. The average Bonchev–Trinajstić information content (AvgIpc) is 2.74. The van der Waals surface area contributed by atoms with Gasteiger partial charge in [-0.1, -0.05) is 0 Å². The molecule has 0 atom stereocenters. The van der Waals surface area contributed by atoms with Gasteiger partial charge < -0.3 is 10.3 Å². The largest absolute Gasteiger partial charge is 0.364 e. The van der Waals surface area contributed by atoms with Crippen molar-refractivity contribution in [1.82, 2.24) is 4.57 Å². The van der Waals surface area contributed by atoms with E-state index in [1.165, 1.54) is 22.9 Å². The Labute approximate surface area is 94.3 Å². The van der Waals surface area contributed by atoms with E-state index in [1.54, 1.807) is 0 Å². The second kappa shape index (κ2) is 3.97. The average molecular weight is 240 g/mol. The number of nitrogens with zero attached hydrogens (tertiary/aromatic N) is 1. The standard InChI is InChI=1S/C11H7F3N2O/c12-7-4-6(5-8(13)10(7)14)16-3-1-2-9(16)11(15)17/h1-5H,(H2,15,17). The van der Waals surface area contributed by atoms with Crippen molar-refractivity contribution in [3.63, 3.8) is 0 Å². The summed E-state index contributed by atoms with van der Waals surface area (Å²) < 4.78 is 40.0. The Hall–Kier alpha value is -2.24. The second-order valence-electron chi connectivity index (χ2n) is 3.35. The third-order valence-corrected chi connectivity index (χ3v) is 2.25. The fourth-order valence-corrected chi connectivity index (χ4v) is 1.49. The number of hydrogen-bond donors (Lipinski definition) is 1. The maximum Gasteiger partial charge on any atom is 0.265 e. The van der Waals surface area contributed by atoms with Gasteiger partial charge in [-0.2, -0.15) is 0 Å². The third-order valence-electron chi connectivity index (χ3n) is 2.25. The van der Waals surface area contributed by atoms with Crippen LogP contribution in [0.3, 0.4) is 0 Å². The predicted octanol–water partition coefficient (Wildman–Crippen LogP) is 1.99. The zero-order chi connectivity index (χ0) is 12.6. The van der Waals surface area contributed by atoms with Crippen molar-refractivity contribution < 1.29 is 18.0 Å². The zero-order valence-corrected chi connectivity index (χ0v) is 8.45. The SMILES string of the molecule is NC(=O)c1cccn1-c1cc(F)c(F)c(F)c1. The fraction of sp³-hybridized carbons (Fsp3) is 0. The van der Waals surface area contributed by atoms with Crippen LogP contribution in [0, 0.1) is 17.5 Å². The fourth-order valence-electron chi connectivity index (χ4n) is 1.49. The molecule has 17 heavy (non-hydrogen) atoms. The molecule has 88 valence electrons. The van der Waals surface area contributed by atoms with Crippen molar-refractivity contribution in [3.05, 3.63) is 53.6 Å². The van der Waals surface area contributed by atoms with Crippen molar-refractivity contribution in [2.45, 2.75) is 0 Å². The normalized spacial score (nSPS) is 10.5. The summed E-state index contributed by atoms with van der Waals surface area (Å²) in [5, 5.41) is 0. The Morgan fingerprint density at radius 3 is 2.29 bits per heavy atom. The van der Waals surface area contributed by atoms with Gasteiger partial charge in [0, 0.05) is 18.3 Å². The summed E-state index contributed by atoms with van der Waals surface area (Å²) in [6, 6.07) is 4.44. The highest BCUT2D eigenvalue weighted by Crippen LogP contribution is 2.18. The number of primary amides is 1. The first-order chi connectivity index (χ1) is 8.00. The van der Waals surface area contributed by atoms with Crippen molar-refractivity contribution in [2.24, 2.45) is 5.73 Å². The number of nitrogens with two attached hydrogens (primary N) is 1. The van der Waals surface area contributed by atoms with E-state index in [4.69, 9.17) is 5.73 Å². The maximum absolute atomic E-state index is 13.0. The van der Waals surface area contributed by atoms with Crippen LogP contribution >= 0.6 is 0 Å². The lowest BCUT2D eigenvalue weighted by Crippen LogP contribution is -2.16. The molecule has 2 aromatic rings. The van der Waals surface area contributed by atoms with Crippen molar-refractivity contribution in [3.8, 4) is 5.69 Å². The van der Waals surface area contributed by atoms with E-state index in [0.29, 0.717) is 0 Å². The molecule has 3 nitrogen and oxygen atoms in total. The summed E-state index contributed by atoms with van der Waals surface area (Å²) in [6.45, 7) is 0. The molecule has 0 aliphatic carbocycles. The number of carbonyl (C=O) groups excluding carboxylic acids is 1. The summed E-state index contributed by atoms with van der Waals surface area (Å²) in [5.41, 5.74) is 5.12. The molecular formula is C11H7F3N2O. The maximum atomic E-state index is 13.0. The summed E-state index contributed by atoms with van der Waals surface area (Å²) >= 11 is 0. The van der Waals surface area contributed by atoms with E-state index in [2.05, 4.69) is 0 Å². The summed E-state index contributed by atoms with van der Waals surface area (Å²) in [6.07, 6.45) is 1.40. The highest BCUT2D eigenvalue weighted by atomic mass is 19.2. The first-order valence-corrected chi connectivity index (χ1v) is 4.63. The Balaban J connectivity index is 2.61. The van der Waals surface area contributed by atoms with Gasteiger partial charge in [0.2, 0.25) is 0 Å². The van der Waals surface area contributed by atoms with Gasteiger partial charge in [0.25, 0.3) is 5.91 Å². The molecule has 2 rings (SSSR count). The lowest BCUT2D eigenvalue weighted by Gasteiger charge is -2.07. The monoisotopic (exact) mass is 240 g/mol. The molecule has 0 aliphatic rings. The van der Waals surface area contributed by atoms with Crippen LogP contribution in [0.25, 0.3) is 5.69 Å². The van der Waals surface area contributed by atoms with Crippen molar-refractivity contribution >= 4 is 5.91 Å². The van der Waals surface area contributed by atoms with Crippen LogP contribution in [0.4, 0.5) is 13.2 Å². The number of halogens is 3. The van der Waals surface area contributed by atoms with E-state index in [-0.39, 0.29) is 11.4 Å². The van der Waals surface area contributed by atoms with Crippen LogP contribution in [-0.2, 0) is 0 Å². The van der Waals surface area contributed by atoms with Crippen LogP contribution in [-0.4, -0.2) is 10.5 Å². The Morgan fingerprint density at radius 2 is 1.76 bits per heavy atom. The van der Waals surface area contributed by atoms with Gasteiger partial charge in [-0.25, -0.2) is 13.2 Å². The second-order valence-corrected chi connectivity index (χ2v) is 3.35. The highest BCUT2D eigenvalue weighted by Gasteiger charge is 2.14. The molecule has 6 heteroatoms. The number of hydrogen-bond acceptors (Lipinski definition) is 1. The van der Waals surface area contributed by atoms with Gasteiger partial charge in [-0.05, 0) is 12.1 Å². The molecule has 1 amide bonds. The van der Waals surface area contributed by atoms with Gasteiger partial charge in [0.1, 0.15) is 5.69 Å². The van der Waals surface area contributed by atoms with Crippen LogP contribution in [0.2, 0.25) is 0 Å². The van der Waals surface area contributed by atoms with Crippen molar-refractivity contribution in [1.29, 1.82) is 0 Å². The van der Waals surface area contributed by atoms with Gasteiger partial charge in [0.05, 0.1) is 5.69 Å². The molecule has 0 saturated carbocycles. The summed E-state index contributed by atoms with van der Waals surface area (Å²) in [7, 11) is 0. The van der Waals surface area contributed by atoms with Gasteiger partial charge in [-0.3, -0.25) is 4.79 Å². The Bertz CT molecular complexity index is 569. The molecule has 0 aliphatic heterocycles. The van der Waals surface area contributed by atoms with Gasteiger partial charge in [-0.15, -0.1) is 0 Å². The van der Waals surface area contributed by atoms with Crippen LogP contribution in [0.1, 0.15) is 10.5 Å². The lowest BCUT2D eigenvalue weighted by atomic mass is 10.2. The summed E-state index contributed by atoms with van der Waals surface area (Å²) in [5.74, 6) is -4.96. The molecule has 0 saturated heterocycles. The number of carbonyl (C=O) groups is 1. The first kappa shape index (κ1) is 11.3. The Kier molecular flexibility index (Phi) is 2.63. The quantitative estimate of drug-likeness (QED) is 0.802. The lowest BCUT2D eigenvalue weighted by molar-refractivity contribution is 0.0994. The van der Waals surface area contributed by atoms with E-state index >= 15 is 0 Å². The van der Waals surface area contributed by atoms with Crippen LogP contribution < -0.4 is 5.73 Å². The molecule has 0 radical (unpaired) electrons. The van der Waals surface area contributed by atoms with E-state index in [1.807, 2.05) is 0 Å².